The fourth-order valence-electron chi connectivity index (χ4n) is 3.65. The molecule has 0 unspecified atom stereocenters. The molecule has 1 saturated heterocycles. The molecule has 1 aliphatic heterocycles. The lowest BCUT2D eigenvalue weighted by Crippen LogP contribution is -2.35. The fraction of sp³-hybridized carbons (Fsp3) is 0.280. The fourth-order valence-corrected chi connectivity index (χ4v) is 3.65. The van der Waals surface area contributed by atoms with Gasteiger partial charge in [0, 0.05) is 24.2 Å². The number of carbonyl (C=O) groups excluding carboxylic acids is 2. The average molecular weight is 437 g/mol. The van der Waals surface area contributed by atoms with Crippen molar-refractivity contribution in [1.29, 1.82) is 0 Å². The van der Waals surface area contributed by atoms with Gasteiger partial charge in [-0.1, -0.05) is 30.9 Å². The minimum absolute atomic E-state index is 0.0398. The molecule has 0 bridgehead atoms. The molecule has 1 N–H and O–H groups in total. The van der Waals surface area contributed by atoms with Crippen molar-refractivity contribution < 1.29 is 24.2 Å². The number of hydrogen-bond acceptors (Lipinski definition) is 6. The van der Waals surface area contributed by atoms with Crippen LogP contribution in [0.15, 0.2) is 66.8 Å². The van der Waals surface area contributed by atoms with E-state index in [0.29, 0.717) is 42.3 Å². The summed E-state index contributed by atoms with van der Waals surface area (Å²) in [4.78, 5) is 29.5. The Morgan fingerprint density at radius 3 is 2.47 bits per heavy atom. The number of likely N-dealkylation sites (N-methyl/N-ethyl adjacent to an activating group) is 1. The Morgan fingerprint density at radius 2 is 1.84 bits per heavy atom. The highest BCUT2D eigenvalue weighted by atomic mass is 16.5. The number of benzene rings is 2. The van der Waals surface area contributed by atoms with Crippen molar-refractivity contribution in [2.45, 2.75) is 6.04 Å². The molecule has 7 heteroatoms. The number of ether oxygens (including phenoxy) is 2. The number of rotatable bonds is 9. The summed E-state index contributed by atoms with van der Waals surface area (Å²) in [5, 5.41) is 11.1. The smallest absolute Gasteiger partial charge is 0.295 e. The van der Waals surface area contributed by atoms with E-state index in [0.717, 1.165) is 0 Å². The predicted molar refractivity (Wildman–Crippen MR) is 123 cm³/mol. The molecule has 0 aliphatic carbocycles. The topological polar surface area (TPSA) is 79.3 Å². The summed E-state index contributed by atoms with van der Waals surface area (Å²) in [6.07, 6.45) is 1.64. The Hall–Kier alpha value is -3.58. The number of aliphatic hydroxyl groups excluding tert-OH is 1. The lowest BCUT2D eigenvalue weighted by molar-refractivity contribution is -0.140. The molecule has 0 saturated carbocycles. The highest BCUT2D eigenvalue weighted by Crippen LogP contribution is 2.42. The Labute approximate surface area is 188 Å². The molecule has 0 radical (unpaired) electrons. The van der Waals surface area contributed by atoms with Gasteiger partial charge in [0.15, 0.2) is 0 Å². The van der Waals surface area contributed by atoms with Crippen LogP contribution in [0.1, 0.15) is 17.2 Å². The number of ketones is 1. The third-order valence-electron chi connectivity index (χ3n) is 5.26. The second kappa shape index (κ2) is 10.2. The standard InChI is InChI=1S/C25H28N2O5/c1-5-16-32-18-12-10-17(11-13-18)23(28)21-22(19-8-6-7-9-20(19)31-4)27(15-14-26(2)3)25(30)24(21)29/h5-13,22,28H,1,14-16H2,2-4H3/b23-21+/t22-/m1/s1. The van der Waals surface area contributed by atoms with Crippen molar-refractivity contribution in [2.75, 3.05) is 40.9 Å². The van der Waals surface area contributed by atoms with Crippen LogP contribution in [-0.2, 0) is 9.59 Å². The summed E-state index contributed by atoms with van der Waals surface area (Å²) in [5.74, 6) is -0.455. The number of aliphatic hydroxyl groups is 1. The van der Waals surface area contributed by atoms with Gasteiger partial charge in [-0.2, -0.15) is 0 Å². The van der Waals surface area contributed by atoms with E-state index in [1.165, 1.54) is 12.0 Å². The van der Waals surface area contributed by atoms with Gasteiger partial charge in [-0.25, -0.2) is 0 Å². The molecule has 3 rings (SSSR count). The minimum atomic E-state index is -0.761. The molecule has 1 atom stereocenters. The summed E-state index contributed by atoms with van der Waals surface area (Å²) < 4.78 is 11.0. The monoisotopic (exact) mass is 436 g/mol. The van der Waals surface area contributed by atoms with Crippen molar-refractivity contribution in [1.82, 2.24) is 9.80 Å². The molecule has 1 amide bonds. The quantitative estimate of drug-likeness (QED) is 0.281. The van der Waals surface area contributed by atoms with Crippen LogP contribution in [0.3, 0.4) is 0 Å². The number of likely N-dealkylation sites (tertiary alicyclic amines) is 1. The zero-order valence-electron chi connectivity index (χ0n) is 18.6. The maximum Gasteiger partial charge on any atom is 0.295 e. The van der Waals surface area contributed by atoms with E-state index in [1.807, 2.05) is 31.1 Å². The van der Waals surface area contributed by atoms with E-state index in [-0.39, 0.29) is 11.3 Å². The van der Waals surface area contributed by atoms with E-state index < -0.39 is 17.7 Å². The van der Waals surface area contributed by atoms with Crippen LogP contribution in [0.2, 0.25) is 0 Å². The van der Waals surface area contributed by atoms with Gasteiger partial charge in [0.1, 0.15) is 23.9 Å². The molecular weight excluding hydrogens is 408 g/mol. The van der Waals surface area contributed by atoms with Crippen molar-refractivity contribution in [2.24, 2.45) is 0 Å². The molecule has 32 heavy (non-hydrogen) atoms. The molecule has 1 heterocycles. The van der Waals surface area contributed by atoms with Gasteiger partial charge in [-0.3, -0.25) is 9.59 Å². The number of para-hydroxylation sites is 1. The van der Waals surface area contributed by atoms with Gasteiger partial charge >= 0.3 is 0 Å². The summed E-state index contributed by atoms with van der Waals surface area (Å²) in [7, 11) is 5.32. The molecule has 7 nitrogen and oxygen atoms in total. The van der Waals surface area contributed by atoms with Gasteiger partial charge in [0.05, 0.1) is 18.7 Å². The summed E-state index contributed by atoms with van der Waals surface area (Å²) in [5.41, 5.74) is 1.10. The van der Waals surface area contributed by atoms with E-state index >= 15 is 0 Å². The Balaban J connectivity index is 2.10. The molecular formula is C25H28N2O5. The zero-order chi connectivity index (χ0) is 23.3. The molecule has 168 valence electrons. The maximum absolute atomic E-state index is 13.1. The first-order valence-electron chi connectivity index (χ1n) is 10.3. The normalized spacial score (nSPS) is 17.6. The van der Waals surface area contributed by atoms with Crippen LogP contribution in [0.25, 0.3) is 5.76 Å². The number of hydrogen-bond donors (Lipinski definition) is 1. The van der Waals surface area contributed by atoms with E-state index in [4.69, 9.17) is 9.47 Å². The van der Waals surface area contributed by atoms with E-state index in [2.05, 4.69) is 6.58 Å². The summed E-state index contributed by atoms with van der Waals surface area (Å²) >= 11 is 0. The van der Waals surface area contributed by atoms with Crippen molar-refractivity contribution in [3.63, 3.8) is 0 Å². The highest BCUT2D eigenvalue weighted by molar-refractivity contribution is 6.46. The largest absolute Gasteiger partial charge is 0.507 e. The Bertz CT molecular complexity index is 1030. The maximum atomic E-state index is 13.1. The number of amides is 1. The second-order valence-electron chi connectivity index (χ2n) is 7.66. The van der Waals surface area contributed by atoms with Crippen molar-refractivity contribution >= 4 is 17.4 Å². The third-order valence-corrected chi connectivity index (χ3v) is 5.26. The van der Waals surface area contributed by atoms with Gasteiger partial charge in [-0.15, -0.1) is 0 Å². The van der Waals surface area contributed by atoms with Gasteiger partial charge < -0.3 is 24.4 Å². The van der Waals surface area contributed by atoms with Crippen LogP contribution in [0.5, 0.6) is 11.5 Å². The van der Waals surface area contributed by atoms with Crippen LogP contribution in [0, 0.1) is 0 Å². The number of nitrogens with zero attached hydrogens (tertiary/aromatic N) is 2. The number of carbonyl (C=O) groups is 2. The zero-order valence-corrected chi connectivity index (χ0v) is 18.6. The Morgan fingerprint density at radius 1 is 1.16 bits per heavy atom. The van der Waals surface area contributed by atoms with Crippen LogP contribution >= 0.6 is 0 Å². The first-order valence-corrected chi connectivity index (χ1v) is 10.3. The lowest BCUT2D eigenvalue weighted by Gasteiger charge is -2.27. The van der Waals surface area contributed by atoms with Crippen LogP contribution < -0.4 is 9.47 Å². The first-order chi connectivity index (χ1) is 15.4. The molecule has 0 aromatic heterocycles. The molecule has 0 spiro atoms. The lowest BCUT2D eigenvalue weighted by atomic mass is 9.94. The van der Waals surface area contributed by atoms with Crippen LogP contribution in [0.4, 0.5) is 0 Å². The first kappa shape index (κ1) is 23.1. The van der Waals surface area contributed by atoms with Crippen LogP contribution in [-0.4, -0.2) is 67.5 Å². The average Bonchev–Trinajstić information content (AvgIpc) is 3.05. The SMILES string of the molecule is C=CCOc1ccc(/C(O)=C2\C(=O)C(=O)N(CCN(C)C)[C@@H]2c2ccccc2OC)cc1. The van der Waals surface area contributed by atoms with Gasteiger partial charge in [0.25, 0.3) is 11.7 Å². The molecule has 1 fully saturated rings. The highest BCUT2D eigenvalue weighted by Gasteiger charge is 2.46. The van der Waals surface area contributed by atoms with E-state index in [9.17, 15) is 14.7 Å². The summed E-state index contributed by atoms with van der Waals surface area (Å²) in [6.45, 7) is 4.86. The molecule has 2 aromatic carbocycles. The number of methoxy groups -OCH3 is 1. The second-order valence-corrected chi connectivity index (χ2v) is 7.66. The van der Waals surface area contributed by atoms with E-state index in [1.54, 1.807) is 42.5 Å². The van der Waals surface area contributed by atoms with Gasteiger partial charge in [-0.05, 0) is 44.4 Å². The molecule has 2 aromatic rings. The third kappa shape index (κ3) is 4.68. The number of Topliss-reactive ketones (excluding diaryl/α,β-unsaturated/α-hetero) is 1. The predicted octanol–water partition coefficient (Wildman–Crippen LogP) is 3.24. The molecule has 1 aliphatic rings. The minimum Gasteiger partial charge on any atom is -0.507 e. The van der Waals surface area contributed by atoms with Crippen molar-refractivity contribution in [3.05, 3.63) is 77.9 Å². The summed E-state index contributed by atoms with van der Waals surface area (Å²) in [6, 6.07) is 13.1. The van der Waals surface area contributed by atoms with Gasteiger partial charge in [0.2, 0.25) is 0 Å². The van der Waals surface area contributed by atoms with Crippen molar-refractivity contribution in [3.8, 4) is 11.5 Å². The Kier molecular flexibility index (Phi) is 7.33.